The highest BCUT2D eigenvalue weighted by molar-refractivity contribution is 7.88. The van der Waals surface area contributed by atoms with Crippen LogP contribution in [-0.4, -0.2) is 44.0 Å². The van der Waals surface area contributed by atoms with E-state index >= 15 is 0 Å². The lowest BCUT2D eigenvalue weighted by atomic mass is 10.0. The highest BCUT2D eigenvalue weighted by Gasteiger charge is 2.34. The maximum Gasteiger partial charge on any atom is 0.416 e. The Bertz CT molecular complexity index is 702. The molecular weight excluding hydrogens is 357 g/mol. The molecule has 0 saturated carbocycles. The van der Waals surface area contributed by atoms with E-state index in [4.69, 9.17) is 0 Å². The molecule has 1 N–H and O–H groups in total. The molecule has 9 heteroatoms. The second kappa shape index (κ2) is 7.74. The van der Waals surface area contributed by atoms with Gasteiger partial charge in [0.15, 0.2) is 0 Å². The molecule has 0 spiro atoms. The van der Waals surface area contributed by atoms with Gasteiger partial charge >= 0.3 is 6.18 Å². The predicted molar refractivity (Wildman–Crippen MR) is 87.3 cm³/mol. The summed E-state index contributed by atoms with van der Waals surface area (Å²) in [6.45, 7) is 0.564. The third kappa shape index (κ3) is 5.43. The van der Waals surface area contributed by atoms with Crippen molar-refractivity contribution in [3.05, 3.63) is 35.4 Å². The van der Waals surface area contributed by atoms with Crippen LogP contribution in [-0.2, 0) is 27.4 Å². The topological polar surface area (TPSA) is 66.5 Å². The number of alkyl halides is 3. The molecule has 1 aliphatic heterocycles. The largest absolute Gasteiger partial charge is 0.416 e. The fraction of sp³-hybridized carbons (Fsp3) is 0.562. The Morgan fingerprint density at radius 3 is 2.44 bits per heavy atom. The number of piperidine rings is 1. The van der Waals surface area contributed by atoms with Crippen molar-refractivity contribution in [3.8, 4) is 0 Å². The molecule has 1 saturated heterocycles. The summed E-state index contributed by atoms with van der Waals surface area (Å²) in [6, 6.07) is 4.04. The summed E-state index contributed by atoms with van der Waals surface area (Å²) in [5, 5.41) is 2.68. The fourth-order valence-corrected chi connectivity index (χ4v) is 4.00. The summed E-state index contributed by atoms with van der Waals surface area (Å²) in [5.41, 5.74) is -0.0526. The van der Waals surface area contributed by atoms with Gasteiger partial charge in [-0.1, -0.05) is 18.6 Å². The molecule has 2 rings (SSSR count). The Kier molecular flexibility index (Phi) is 6.10. The summed E-state index contributed by atoms with van der Waals surface area (Å²) in [7, 11) is -3.45. The van der Waals surface area contributed by atoms with Crippen molar-refractivity contribution in [1.29, 1.82) is 0 Å². The van der Waals surface area contributed by atoms with Crippen LogP contribution in [0.4, 0.5) is 13.2 Å². The third-order valence-corrected chi connectivity index (χ3v) is 5.47. The second-order valence-electron chi connectivity index (χ2n) is 6.12. The van der Waals surface area contributed by atoms with Gasteiger partial charge in [-0.05, 0) is 37.0 Å². The van der Waals surface area contributed by atoms with Crippen LogP contribution in [0, 0.1) is 0 Å². The average molecular weight is 378 g/mol. The number of hydrogen-bond donors (Lipinski definition) is 1. The minimum absolute atomic E-state index is 0.234. The number of nitrogens with zero attached hydrogens (tertiary/aromatic N) is 1. The maximum absolute atomic E-state index is 12.5. The van der Waals surface area contributed by atoms with Crippen LogP contribution in [0.15, 0.2) is 24.3 Å². The number of carbonyl (C=O) groups excluding carboxylic acids is 1. The molecule has 5 nitrogen and oxygen atoms in total. The number of amides is 1. The van der Waals surface area contributed by atoms with Gasteiger partial charge in [0.05, 0.1) is 11.8 Å². The molecule has 1 unspecified atom stereocenters. The fourth-order valence-electron chi connectivity index (χ4n) is 2.87. The second-order valence-corrected chi connectivity index (χ2v) is 8.06. The lowest BCUT2D eigenvalue weighted by Gasteiger charge is -2.32. The first-order valence-corrected chi connectivity index (χ1v) is 9.84. The predicted octanol–water partition coefficient (Wildman–Crippen LogP) is 2.18. The van der Waals surface area contributed by atoms with Crippen molar-refractivity contribution >= 4 is 15.9 Å². The zero-order valence-corrected chi connectivity index (χ0v) is 14.7. The molecule has 1 atom stereocenters. The molecule has 1 aromatic rings. The van der Waals surface area contributed by atoms with Crippen molar-refractivity contribution in [2.24, 2.45) is 0 Å². The Morgan fingerprint density at radius 2 is 1.88 bits per heavy atom. The quantitative estimate of drug-likeness (QED) is 0.854. The minimum atomic E-state index is -4.37. The van der Waals surface area contributed by atoms with Gasteiger partial charge in [-0.2, -0.15) is 17.5 Å². The molecule has 1 aromatic carbocycles. The first-order chi connectivity index (χ1) is 11.6. The first kappa shape index (κ1) is 19.7. The summed E-state index contributed by atoms with van der Waals surface area (Å²) in [5.74, 6) is -0.364. The van der Waals surface area contributed by atoms with E-state index < -0.39 is 27.8 Å². The van der Waals surface area contributed by atoms with Crippen LogP contribution in [0.25, 0.3) is 0 Å². The number of halogens is 3. The Hall–Kier alpha value is -1.61. The number of benzene rings is 1. The minimum Gasteiger partial charge on any atom is -0.354 e. The van der Waals surface area contributed by atoms with Gasteiger partial charge in [-0.25, -0.2) is 8.42 Å². The maximum atomic E-state index is 12.5. The average Bonchev–Trinajstić information content (AvgIpc) is 2.53. The summed E-state index contributed by atoms with van der Waals surface area (Å²) < 4.78 is 62.3. The molecule has 1 aliphatic rings. The van der Waals surface area contributed by atoms with Crippen LogP contribution in [0.3, 0.4) is 0 Å². The standard InChI is InChI=1S/C16H21F3N2O3S/c1-25(23,24)21-11-3-2-4-14(21)15(22)20-10-9-12-5-7-13(8-6-12)16(17,18)19/h5-8,14H,2-4,9-11H2,1H3,(H,20,22). The van der Waals surface area contributed by atoms with Crippen LogP contribution in [0.1, 0.15) is 30.4 Å². The molecule has 25 heavy (non-hydrogen) atoms. The molecule has 140 valence electrons. The zero-order valence-electron chi connectivity index (χ0n) is 13.8. The van der Waals surface area contributed by atoms with Crippen molar-refractivity contribution in [2.75, 3.05) is 19.3 Å². The van der Waals surface area contributed by atoms with Crippen LogP contribution in [0.2, 0.25) is 0 Å². The van der Waals surface area contributed by atoms with Gasteiger partial charge in [-0.15, -0.1) is 0 Å². The normalized spacial score (nSPS) is 19.6. The van der Waals surface area contributed by atoms with Crippen molar-refractivity contribution in [3.63, 3.8) is 0 Å². The molecule has 1 amide bonds. The van der Waals surface area contributed by atoms with Gasteiger partial charge in [0.25, 0.3) is 0 Å². The van der Waals surface area contributed by atoms with E-state index in [9.17, 15) is 26.4 Å². The van der Waals surface area contributed by atoms with Gasteiger partial charge in [-0.3, -0.25) is 4.79 Å². The van der Waals surface area contributed by atoms with Crippen molar-refractivity contribution in [2.45, 2.75) is 37.9 Å². The van der Waals surface area contributed by atoms with E-state index in [1.165, 1.54) is 16.4 Å². The Morgan fingerprint density at radius 1 is 1.24 bits per heavy atom. The number of carbonyl (C=O) groups is 1. The van der Waals surface area contributed by atoms with Gasteiger partial charge in [0.2, 0.25) is 15.9 Å². The van der Waals surface area contributed by atoms with Crippen molar-refractivity contribution < 1.29 is 26.4 Å². The van der Waals surface area contributed by atoms with Gasteiger partial charge in [0, 0.05) is 13.1 Å². The number of rotatable bonds is 5. The SMILES string of the molecule is CS(=O)(=O)N1CCCCC1C(=O)NCCc1ccc(C(F)(F)F)cc1. The monoisotopic (exact) mass is 378 g/mol. The van der Waals surface area contributed by atoms with E-state index in [1.54, 1.807) is 0 Å². The highest BCUT2D eigenvalue weighted by atomic mass is 32.2. The summed E-state index contributed by atoms with van der Waals surface area (Å²) >= 11 is 0. The van der Waals surface area contributed by atoms with E-state index in [0.29, 0.717) is 24.9 Å². The zero-order chi connectivity index (χ0) is 18.7. The third-order valence-electron chi connectivity index (χ3n) is 4.18. The number of hydrogen-bond acceptors (Lipinski definition) is 3. The van der Waals surface area contributed by atoms with Crippen LogP contribution in [0.5, 0.6) is 0 Å². The summed E-state index contributed by atoms with van der Waals surface area (Å²) in [6.07, 6.45) is -0.941. The molecular formula is C16H21F3N2O3S. The van der Waals surface area contributed by atoms with Crippen LogP contribution >= 0.6 is 0 Å². The van der Waals surface area contributed by atoms with Gasteiger partial charge < -0.3 is 5.32 Å². The van der Waals surface area contributed by atoms with E-state index in [1.807, 2.05) is 0 Å². The number of nitrogens with one attached hydrogen (secondary N) is 1. The van der Waals surface area contributed by atoms with Crippen molar-refractivity contribution in [1.82, 2.24) is 9.62 Å². The van der Waals surface area contributed by atoms with Gasteiger partial charge in [0.1, 0.15) is 6.04 Å². The number of sulfonamides is 1. The molecule has 1 fully saturated rings. The Balaban J connectivity index is 1.89. The molecule has 1 heterocycles. The molecule has 0 aromatic heterocycles. The van der Waals surface area contributed by atoms with E-state index in [-0.39, 0.29) is 12.5 Å². The van der Waals surface area contributed by atoms with E-state index in [0.717, 1.165) is 31.2 Å². The Labute approximate surface area is 145 Å². The molecule has 0 bridgehead atoms. The molecule has 0 aliphatic carbocycles. The smallest absolute Gasteiger partial charge is 0.354 e. The van der Waals surface area contributed by atoms with Crippen LogP contribution < -0.4 is 5.32 Å². The summed E-state index contributed by atoms with van der Waals surface area (Å²) in [4.78, 5) is 12.3. The lowest BCUT2D eigenvalue weighted by molar-refractivity contribution is -0.137. The first-order valence-electron chi connectivity index (χ1n) is 8.00. The molecule has 0 radical (unpaired) electrons. The van der Waals surface area contributed by atoms with E-state index in [2.05, 4.69) is 5.32 Å². The highest BCUT2D eigenvalue weighted by Crippen LogP contribution is 2.29. The lowest BCUT2D eigenvalue weighted by Crippen LogP contribution is -2.51.